The number of amides is 2. The van der Waals surface area contributed by atoms with Crippen molar-refractivity contribution in [1.29, 1.82) is 0 Å². The summed E-state index contributed by atoms with van der Waals surface area (Å²) >= 11 is 1.32. The predicted molar refractivity (Wildman–Crippen MR) is 113 cm³/mol. The Balaban J connectivity index is 1.40. The molecule has 1 heterocycles. The Labute approximate surface area is 177 Å². The third-order valence-electron chi connectivity index (χ3n) is 4.63. The van der Waals surface area contributed by atoms with Gasteiger partial charge in [-0.15, -0.1) is 10.2 Å². The lowest BCUT2D eigenvalue weighted by Crippen LogP contribution is -2.19. The maximum atomic E-state index is 13.1. The van der Waals surface area contributed by atoms with Crippen LogP contribution in [0.15, 0.2) is 53.7 Å². The highest BCUT2D eigenvalue weighted by atomic mass is 32.2. The number of benzene rings is 2. The Morgan fingerprint density at radius 2 is 1.83 bits per heavy atom. The summed E-state index contributed by atoms with van der Waals surface area (Å²) < 4.78 is 15.1. The largest absolute Gasteiger partial charge is 0.325 e. The lowest BCUT2D eigenvalue weighted by Gasteiger charge is -2.12. The van der Waals surface area contributed by atoms with E-state index in [9.17, 15) is 14.0 Å². The molecule has 9 heteroatoms. The van der Waals surface area contributed by atoms with Gasteiger partial charge in [-0.2, -0.15) is 0 Å². The SMILES string of the molecule is Cc1nnc(SCC(=O)Nc2ccccc2C(=O)Nc2ccc(F)cc2)n1C1CC1. The molecule has 1 aliphatic carbocycles. The molecule has 0 aliphatic heterocycles. The maximum absolute atomic E-state index is 13.1. The standard InChI is InChI=1S/C21H20FN5O2S/c1-13-25-26-21(27(13)16-10-11-16)30-12-19(28)24-18-5-3-2-4-17(18)20(29)23-15-8-6-14(22)7-9-15/h2-9,16H,10-12H2,1H3,(H,23,29)(H,24,28). The van der Waals surface area contributed by atoms with Crippen molar-refractivity contribution < 1.29 is 14.0 Å². The van der Waals surface area contributed by atoms with Crippen molar-refractivity contribution in [2.45, 2.75) is 31.0 Å². The molecule has 0 bridgehead atoms. The molecule has 0 radical (unpaired) electrons. The molecule has 4 rings (SSSR count). The number of carbonyl (C=O) groups is 2. The maximum Gasteiger partial charge on any atom is 0.257 e. The minimum Gasteiger partial charge on any atom is -0.325 e. The van der Waals surface area contributed by atoms with Gasteiger partial charge in [-0.1, -0.05) is 23.9 Å². The number of hydrogen-bond acceptors (Lipinski definition) is 5. The first-order chi connectivity index (χ1) is 14.5. The number of thioether (sulfide) groups is 1. The Morgan fingerprint density at radius 1 is 1.10 bits per heavy atom. The number of halogens is 1. The van der Waals surface area contributed by atoms with E-state index < -0.39 is 5.91 Å². The van der Waals surface area contributed by atoms with Crippen LogP contribution in [0.1, 0.15) is 35.1 Å². The van der Waals surface area contributed by atoms with Crippen molar-refractivity contribution in [3.63, 3.8) is 0 Å². The van der Waals surface area contributed by atoms with E-state index in [2.05, 4.69) is 25.4 Å². The van der Waals surface area contributed by atoms with Gasteiger partial charge in [-0.3, -0.25) is 9.59 Å². The normalized spacial score (nSPS) is 13.1. The van der Waals surface area contributed by atoms with E-state index >= 15 is 0 Å². The Kier molecular flexibility index (Phi) is 5.80. The minimum atomic E-state index is -0.394. The molecule has 0 saturated heterocycles. The molecule has 3 aromatic rings. The molecule has 0 spiro atoms. The number of nitrogens with zero attached hydrogens (tertiary/aromatic N) is 3. The highest BCUT2D eigenvalue weighted by Crippen LogP contribution is 2.38. The van der Waals surface area contributed by atoms with Gasteiger partial charge < -0.3 is 15.2 Å². The fourth-order valence-electron chi connectivity index (χ4n) is 3.04. The topological polar surface area (TPSA) is 88.9 Å². The summed E-state index contributed by atoms with van der Waals surface area (Å²) in [5.74, 6) is -0.0212. The van der Waals surface area contributed by atoms with Crippen LogP contribution < -0.4 is 10.6 Å². The Morgan fingerprint density at radius 3 is 2.57 bits per heavy atom. The number of aryl methyl sites for hydroxylation is 1. The van der Waals surface area contributed by atoms with Crippen LogP contribution in [0.5, 0.6) is 0 Å². The highest BCUT2D eigenvalue weighted by molar-refractivity contribution is 7.99. The van der Waals surface area contributed by atoms with Crippen LogP contribution >= 0.6 is 11.8 Å². The molecule has 0 unspecified atom stereocenters. The zero-order valence-electron chi connectivity index (χ0n) is 16.3. The van der Waals surface area contributed by atoms with Gasteiger partial charge in [0.05, 0.1) is 17.0 Å². The molecule has 154 valence electrons. The zero-order chi connectivity index (χ0) is 21.1. The van der Waals surface area contributed by atoms with Gasteiger partial charge in [0.15, 0.2) is 5.16 Å². The lowest BCUT2D eigenvalue weighted by molar-refractivity contribution is -0.113. The van der Waals surface area contributed by atoms with Gasteiger partial charge in [-0.25, -0.2) is 4.39 Å². The molecule has 2 N–H and O–H groups in total. The van der Waals surface area contributed by atoms with E-state index in [0.717, 1.165) is 23.8 Å². The van der Waals surface area contributed by atoms with Crippen molar-refractivity contribution in [2.75, 3.05) is 16.4 Å². The molecule has 1 fully saturated rings. The van der Waals surface area contributed by atoms with E-state index in [4.69, 9.17) is 0 Å². The first-order valence-corrected chi connectivity index (χ1v) is 10.5. The van der Waals surface area contributed by atoms with Crippen molar-refractivity contribution in [3.05, 3.63) is 65.7 Å². The number of para-hydroxylation sites is 1. The summed E-state index contributed by atoms with van der Waals surface area (Å²) in [5, 5.41) is 14.5. The molecule has 7 nitrogen and oxygen atoms in total. The molecular weight excluding hydrogens is 405 g/mol. The van der Waals surface area contributed by atoms with Crippen molar-refractivity contribution in [2.24, 2.45) is 0 Å². The van der Waals surface area contributed by atoms with Gasteiger partial charge in [0.25, 0.3) is 5.91 Å². The van der Waals surface area contributed by atoms with E-state index in [-0.39, 0.29) is 17.5 Å². The van der Waals surface area contributed by atoms with Crippen LogP contribution in [0.4, 0.5) is 15.8 Å². The fraction of sp³-hybridized carbons (Fsp3) is 0.238. The van der Waals surface area contributed by atoms with Gasteiger partial charge >= 0.3 is 0 Å². The lowest BCUT2D eigenvalue weighted by atomic mass is 10.1. The zero-order valence-corrected chi connectivity index (χ0v) is 17.1. The van der Waals surface area contributed by atoms with Crippen LogP contribution in [0.2, 0.25) is 0 Å². The van der Waals surface area contributed by atoms with Gasteiger partial charge in [-0.05, 0) is 56.2 Å². The average Bonchev–Trinajstić information content (AvgIpc) is 3.50. The summed E-state index contributed by atoms with van der Waals surface area (Å²) in [6.45, 7) is 1.91. The molecule has 1 aliphatic rings. The first-order valence-electron chi connectivity index (χ1n) is 9.51. The van der Waals surface area contributed by atoms with Crippen LogP contribution in [0, 0.1) is 12.7 Å². The monoisotopic (exact) mass is 425 g/mol. The smallest absolute Gasteiger partial charge is 0.257 e. The number of rotatable bonds is 7. The quantitative estimate of drug-likeness (QED) is 0.558. The number of aromatic nitrogens is 3. The van der Waals surface area contributed by atoms with Crippen LogP contribution in [-0.2, 0) is 4.79 Å². The molecule has 0 atom stereocenters. The van der Waals surface area contributed by atoms with E-state index in [1.54, 1.807) is 24.3 Å². The van der Waals surface area contributed by atoms with E-state index in [1.165, 1.54) is 36.0 Å². The second-order valence-electron chi connectivity index (χ2n) is 6.97. The minimum absolute atomic E-state index is 0.152. The third kappa shape index (κ3) is 4.68. The van der Waals surface area contributed by atoms with Crippen LogP contribution in [0.3, 0.4) is 0 Å². The van der Waals surface area contributed by atoms with E-state index in [1.807, 2.05) is 6.92 Å². The predicted octanol–water partition coefficient (Wildman–Crippen LogP) is 4.04. The average molecular weight is 425 g/mol. The van der Waals surface area contributed by atoms with Gasteiger partial charge in [0.2, 0.25) is 5.91 Å². The van der Waals surface area contributed by atoms with Crippen molar-refractivity contribution in [3.8, 4) is 0 Å². The van der Waals surface area contributed by atoms with Crippen molar-refractivity contribution >= 4 is 35.0 Å². The fourth-order valence-corrected chi connectivity index (χ4v) is 3.89. The molecular formula is C21H20FN5O2S. The summed E-state index contributed by atoms with van der Waals surface area (Å²) in [6.07, 6.45) is 2.21. The third-order valence-corrected chi connectivity index (χ3v) is 5.57. The molecule has 30 heavy (non-hydrogen) atoms. The number of hydrogen-bond donors (Lipinski definition) is 2. The van der Waals surface area contributed by atoms with Crippen LogP contribution in [-0.4, -0.2) is 32.3 Å². The number of carbonyl (C=O) groups excluding carboxylic acids is 2. The summed E-state index contributed by atoms with van der Waals surface area (Å²) in [5.41, 5.74) is 1.19. The molecule has 2 amide bonds. The number of nitrogens with one attached hydrogen (secondary N) is 2. The molecule has 2 aromatic carbocycles. The van der Waals surface area contributed by atoms with Gasteiger partial charge in [0.1, 0.15) is 11.6 Å². The van der Waals surface area contributed by atoms with Gasteiger partial charge in [0, 0.05) is 11.7 Å². The second kappa shape index (κ2) is 8.66. The first kappa shape index (κ1) is 20.1. The number of anilines is 2. The van der Waals surface area contributed by atoms with E-state index in [0.29, 0.717) is 23.0 Å². The molecule has 1 aromatic heterocycles. The summed E-state index contributed by atoms with van der Waals surface area (Å²) in [6, 6.07) is 12.7. The van der Waals surface area contributed by atoms with Crippen LogP contribution in [0.25, 0.3) is 0 Å². The highest BCUT2D eigenvalue weighted by Gasteiger charge is 2.28. The Hall–Kier alpha value is -3.20. The summed E-state index contributed by atoms with van der Waals surface area (Å²) in [4.78, 5) is 25.1. The summed E-state index contributed by atoms with van der Waals surface area (Å²) in [7, 11) is 0. The van der Waals surface area contributed by atoms with Crippen molar-refractivity contribution in [1.82, 2.24) is 14.8 Å². The second-order valence-corrected chi connectivity index (χ2v) is 7.92. The Bertz CT molecular complexity index is 1080. The molecule has 1 saturated carbocycles.